The van der Waals surface area contributed by atoms with E-state index in [-0.39, 0.29) is 0 Å². The number of rotatable bonds is 2. The molecule has 0 heterocycles. The van der Waals surface area contributed by atoms with Crippen molar-refractivity contribution in [3.05, 3.63) is 11.9 Å². The van der Waals surface area contributed by atoms with Crippen molar-refractivity contribution >= 4 is 5.97 Å². The zero-order valence-electron chi connectivity index (χ0n) is 5.36. The Balaban J connectivity index is 4.50. The Bertz CT molecular complexity index is 206. The van der Waals surface area contributed by atoms with Crippen LogP contribution in [0.1, 0.15) is 0 Å². The number of halogens is 5. The maximum Gasteiger partial charge on any atom is 0.426 e. The van der Waals surface area contributed by atoms with Gasteiger partial charge in [0.1, 0.15) is 5.83 Å². The summed E-state index contributed by atoms with van der Waals surface area (Å²) in [6, 6.07) is 0. The quantitative estimate of drug-likeness (QED) is 0.468. The van der Waals surface area contributed by atoms with Crippen molar-refractivity contribution in [2.24, 2.45) is 0 Å². The third-order valence-electron chi connectivity index (χ3n) is 0.785. The van der Waals surface area contributed by atoms with Gasteiger partial charge in [0.2, 0.25) is 6.17 Å². The number of allylic oxidation sites excluding steroid dienone is 1. The van der Waals surface area contributed by atoms with Gasteiger partial charge in [-0.25, -0.2) is 8.78 Å². The summed E-state index contributed by atoms with van der Waals surface area (Å²) in [7, 11) is 0. The first-order valence-corrected chi connectivity index (χ1v) is 2.54. The highest BCUT2D eigenvalue weighted by Gasteiger charge is 2.43. The van der Waals surface area contributed by atoms with Crippen molar-refractivity contribution in [2.75, 3.05) is 0 Å². The average Bonchev–Trinajstić information content (AvgIpc) is 1.82. The van der Waals surface area contributed by atoms with Gasteiger partial charge in [0, 0.05) is 0 Å². The lowest BCUT2D eigenvalue weighted by Gasteiger charge is -2.09. The van der Waals surface area contributed by atoms with Crippen LogP contribution in [-0.2, 0) is 4.79 Å². The van der Waals surface area contributed by atoms with Gasteiger partial charge in [0.25, 0.3) is 0 Å². The van der Waals surface area contributed by atoms with E-state index in [4.69, 9.17) is 0 Å². The summed E-state index contributed by atoms with van der Waals surface area (Å²) >= 11 is 0. The second kappa shape index (κ2) is 3.51. The molecule has 2 nitrogen and oxygen atoms in total. The Morgan fingerprint density at radius 3 is 2.08 bits per heavy atom. The molecule has 0 aromatic carbocycles. The molecular formula is C5H2F5O2-. The summed E-state index contributed by atoms with van der Waals surface area (Å²) in [6.45, 7) is 0. The maximum atomic E-state index is 11.9. The highest BCUT2D eigenvalue weighted by Crippen LogP contribution is 2.28. The molecule has 0 saturated carbocycles. The highest BCUT2D eigenvalue weighted by atomic mass is 19.4. The minimum Gasteiger partial charge on any atom is -0.545 e. The Labute approximate surface area is 63.3 Å². The minimum absolute atomic E-state index is 0.585. The predicted octanol–water partition coefficient (Wildman–Crippen LogP) is 0.490. The molecule has 0 aliphatic rings. The van der Waals surface area contributed by atoms with Crippen molar-refractivity contribution in [1.82, 2.24) is 0 Å². The molecule has 0 fully saturated rings. The van der Waals surface area contributed by atoms with E-state index in [0.29, 0.717) is 0 Å². The molecule has 0 amide bonds. The van der Waals surface area contributed by atoms with Crippen LogP contribution >= 0.6 is 0 Å². The van der Waals surface area contributed by atoms with Crippen LogP contribution < -0.4 is 5.11 Å². The average molecular weight is 189 g/mol. The molecule has 0 aliphatic heterocycles. The van der Waals surface area contributed by atoms with E-state index >= 15 is 0 Å². The monoisotopic (exact) mass is 189 g/mol. The Kier molecular flexibility index (Phi) is 3.17. The van der Waals surface area contributed by atoms with Crippen molar-refractivity contribution < 1.29 is 31.9 Å². The lowest BCUT2D eigenvalue weighted by Crippen LogP contribution is -2.27. The Hall–Kier alpha value is -1.14. The van der Waals surface area contributed by atoms with Gasteiger partial charge in [-0.1, -0.05) is 0 Å². The van der Waals surface area contributed by atoms with E-state index in [2.05, 4.69) is 0 Å². The summed E-state index contributed by atoms with van der Waals surface area (Å²) in [4.78, 5) is 9.48. The first-order valence-electron chi connectivity index (χ1n) is 2.54. The lowest BCUT2D eigenvalue weighted by molar-refractivity contribution is -0.297. The number of carbonyl (C=O) groups excluding carboxylic acids is 1. The second-order valence-electron chi connectivity index (χ2n) is 1.75. The molecule has 0 rings (SSSR count). The normalized spacial score (nSPS) is 15.9. The number of carboxylic acids is 1. The van der Waals surface area contributed by atoms with Gasteiger partial charge in [0.15, 0.2) is 0 Å². The number of hydrogen-bond acceptors (Lipinski definition) is 2. The van der Waals surface area contributed by atoms with E-state index in [0.717, 1.165) is 0 Å². The van der Waals surface area contributed by atoms with Crippen LogP contribution in [0.2, 0.25) is 0 Å². The number of aliphatic carboxylic acids is 1. The van der Waals surface area contributed by atoms with E-state index < -0.39 is 30.2 Å². The number of alkyl halides is 4. The van der Waals surface area contributed by atoms with Gasteiger partial charge >= 0.3 is 6.18 Å². The molecule has 0 aromatic rings. The van der Waals surface area contributed by atoms with Crippen LogP contribution in [0.3, 0.4) is 0 Å². The van der Waals surface area contributed by atoms with Crippen molar-refractivity contribution in [2.45, 2.75) is 12.3 Å². The molecular weight excluding hydrogens is 187 g/mol. The first kappa shape index (κ1) is 10.9. The van der Waals surface area contributed by atoms with Crippen molar-refractivity contribution in [3.63, 3.8) is 0 Å². The van der Waals surface area contributed by atoms with Crippen LogP contribution in [-0.4, -0.2) is 18.3 Å². The Morgan fingerprint density at radius 1 is 1.42 bits per heavy atom. The van der Waals surface area contributed by atoms with Gasteiger partial charge in [-0.3, -0.25) is 0 Å². The third kappa shape index (κ3) is 3.31. The van der Waals surface area contributed by atoms with Gasteiger partial charge in [0.05, 0.1) is 5.97 Å². The van der Waals surface area contributed by atoms with Crippen LogP contribution in [0.15, 0.2) is 11.9 Å². The van der Waals surface area contributed by atoms with E-state index in [1.807, 2.05) is 0 Å². The smallest absolute Gasteiger partial charge is 0.426 e. The van der Waals surface area contributed by atoms with Crippen molar-refractivity contribution in [1.29, 1.82) is 0 Å². The van der Waals surface area contributed by atoms with E-state index in [1.165, 1.54) is 0 Å². The summed E-state index contributed by atoms with van der Waals surface area (Å²) < 4.78 is 57.5. The van der Waals surface area contributed by atoms with Crippen molar-refractivity contribution in [3.8, 4) is 0 Å². The fourth-order valence-electron chi connectivity index (χ4n) is 0.342. The van der Waals surface area contributed by atoms with Gasteiger partial charge in [-0.2, -0.15) is 13.2 Å². The highest BCUT2D eigenvalue weighted by molar-refractivity contribution is 5.78. The standard InChI is InChI=1S/C5H3F5O2/c6-2(1-3(11)12)4(7)5(8,9)10/h1,4H,(H,11,12)/p-1. The summed E-state index contributed by atoms with van der Waals surface area (Å²) in [5, 5.41) is 9.48. The van der Waals surface area contributed by atoms with Gasteiger partial charge < -0.3 is 9.90 Å². The summed E-state index contributed by atoms with van der Waals surface area (Å²) in [5.41, 5.74) is 0. The molecule has 1 unspecified atom stereocenters. The zero-order valence-corrected chi connectivity index (χ0v) is 5.36. The summed E-state index contributed by atoms with van der Waals surface area (Å²) in [6.07, 6.45) is -9.93. The molecule has 1 atom stereocenters. The first-order chi connectivity index (χ1) is 5.25. The van der Waals surface area contributed by atoms with Gasteiger partial charge in [-0.05, 0) is 6.08 Å². The molecule has 0 N–H and O–H groups in total. The topological polar surface area (TPSA) is 40.1 Å². The fourth-order valence-corrected chi connectivity index (χ4v) is 0.342. The van der Waals surface area contributed by atoms with Crippen LogP contribution in [0.5, 0.6) is 0 Å². The maximum absolute atomic E-state index is 11.9. The third-order valence-corrected chi connectivity index (χ3v) is 0.785. The zero-order chi connectivity index (χ0) is 9.94. The Morgan fingerprint density at radius 2 is 1.83 bits per heavy atom. The molecule has 7 heteroatoms. The SMILES string of the molecule is O=C([O-])C=C(F)C(F)C(F)(F)F. The largest absolute Gasteiger partial charge is 0.545 e. The molecule has 0 aromatic heterocycles. The summed E-state index contributed by atoms with van der Waals surface area (Å²) in [5.74, 6) is -4.65. The number of carboxylic acid groups (broad SMARTS) is 1. The molecule has 0 spiro atoms. The van der Waals surface area contributed by atoms with Crippen LogP contribution in [0.4, 0.5) is 22.0 Å². The molecule has 0 bridgehead atoms. The predicted molar refractivity (Wildman–Crippen MR) is 25.1 cm³/mol. The van der Waals surface area contributed by atoms with E-state index in [9.17, 15) is 31.9 Å². The fraction of sp³-hybridized carbons (Fsp3) is 0.400. The van der Waals surface area contributed by atoms with Crippen LogP contribution in [0.25, 0.3) is 0 Å². The lowest BCUT2D eigenvalue weighted by atomic mass is 10.3. The minimum atomic E-state index is -5.43. The molecule has 70 valence electrons. The number of carbonyl (C=O) groups is 1. The van der Waals surface area contributed by atoms with Crippen LogP contribution in [0, 0.1) is 0 Å². The number of hydrogen-bond donors (Lipinski definition) is 0. The van der Waals surface area contributed by atoms with E-state index in [1.54, 1.807) is 0 Å². The molecule has 12 heavy (non-hydrogen) atoms. The molecule has 0 saturated heterocycles. The van der Waals surface area contributed by atoms with Gasteiger partial charge in [-0.15, -0.1) is 0 Å². The molecule has 0 radical (unpaired) electrons. The second-order valence-corrected chi connectivity index (χ2v) is 1.75. The molecule has 0 aliphatic carbocycles.